The summed E-state index contributed by atoms with van der Waals surface area (Å²) in [6, 6.07) is 21.0. The largest absolute Gasteiger partial charge is 0.383 e. The number of nitrogen functional groups attached to an aromatic ring is 1. The molecule has 152 valence electrons. The summed E-state index contributed by atoms with van der Waals surface area (Å²) in [6.07, 6.45) is 2.21. The van der Waals surface area contributed by atoms with E-state index < -0.39 is 0 Å². The molecule has 0 fully saturated rings. The molecule has 1 aliphatic rings. The third kappa shape index (κ3) is 3.91. The first-order valence-corrected chi connectivity index (χ1v) is 11.8. The molecule has 0 unspecified atom stereocenters. The van der Waals surface area contributed by atoms with Crippen LogP contribution in [0.5, 0.6) is 0 Å². The fourth-order valence-corrected chi connectivity index (χ4v) is 5.56. The van der Waals surface area contributed by atoms with Gasteiger partial charge >= 0.3 is 0 Å². The summed E-state index contributed by atoms with van der Waals surface area (Å²) in [6.45, 7) is 2.33. The van der Waals surface area contributed by atoms with Gasteiger partial charge in [-0.1, -0.05) is 42.5 Å². The first-order valence-electron chi connectivity index (χ1n) is 10.00. The van der Waals surface area contributed by atoms with Gasteiger partial charge in [0, 0.05) is 40.5 Å². The number of nitrogens with two attached hydrogens (primary N) is 1. The van der Waals surface area contributed by atoms with Crippen molar-refractivity contribution in [2.45, 2.75) is 13.1 Å². The molecule has 1 aromatic carbocycles. The van der Waals surface area contributed by atoms with Crippen LogP contribution in [-0.4, -0.2) is 16.4 Å². The highest BCUT2D eigenvalue weighted by Gasteiger charge is 2.28. The van der Waals surface area contributed by atoms with Gasteiger partial charge < -0.3 is 5.73 Å². The van der Waals surface area contributed by atoms with Gasteiger partial charge in [-0.25, -0.2) is 4.98 Å². The van der Waals surface area contributed by atoms with Crippen molar-refractivity contribution in [3.05, 3.63) is 92.6 Å². The maximum Gasteiger partial charge on any atom is 0.142 e. The SMILES string of the molecule is N#Cc1c(N)nc2c(c1-c1cccs1)CN(Cc1ccccc1)C/C2=C\c1cccs1. The van der Waals surface area contributed by atoms with E-state index >= 15 is 0 Å². The van der Waals surface area contributed by atoms with Gasteiger partial charge in [-0.3, -0.25) is 4.90 Å². The standard InChI is InChI=1S/C25H20N4S2/c26-13-20-23(22-9-5-11-31-22)21-16-29(14-17-6-2-1-3-7-17)15-18(24(21)28-25(20)27)12-19-8-4-10-30-19/h1-12H,14-16H2,(H2,27,28)/b18-12+. The van der Waals surface area contributed by atoms with Crippen molar-refractivity contribution in [2.24, 2.45) is 0 Å². The Bertz CT molecular complexity index is 1270. The number of rotatable bonds is 4. The summed E-state index contributed by atoms with van der Waals surface area (Å²) in [5, 5.41) is 14.0. The van der Waals surface area contributed by atoms with Crippen molar-refractivity contribution in [3.8, 4) is 16.5 Å². The second kappa shape index (κ2) is 8.48. The third-order valence-electron chi connectivity index (χ3n) is 5.39. The van der Waals surface area contributed by atoms with Crippen LogP contribution in [0.15, 0.2) is 65.4 Å². The second-order valence-corrected chi connectivity index (χ2v) is 9.41. The van der Waals surface area contributed by atoms with E-state index in [9.17, 15) is 5.26 Å². The molecule has 6 heteroatoms. The predicted molar refractivity (Wildman–Crippen MR) is 129 cm³/mol. The first kappa shape index (κ1) is 19.7. The number of nitriles is 1. The highest BCUT2D eigenvalue weighted by atomic mass is 32.1. The van der Waals surface area contributed by atoms with Crippen LogP contribution in [0.1, 0.15) is 27.3 Å². The number of fused-ring (bicyclic) bond motifs is 1. The molecule has 4 nitrogen and oxygen atoms in total. The fraction of sp³-hybridized carbons (Fsp3) is 0.120. The maximum absolute atomic E-state index is 9.88. The van der Waals surface area contributed by atoms with E-state index in [-0.39, 0.29) is 0 Å². The van der Waals surface area contributed by atoms with Crippen LogP contribution in [0.4, 0.5) is 5.82 Å². The normalized spacial score (nSPS) is 15.0. The number of anilines is 1. The number of hydrogen-bond donors (Lipinski definition) is 1. The van der Waals surface area contributed by atoms with Gasteiger partial charge in [-0.2, -0.15) is 5.26 Å². The average Bonchev–Trinajstić information content (AvgIpc) is 3.48. The van der Waals surface area contributed by atoms with Gasteiger partial charge in [0.25, 0.3) is 0 Å². The lowest BCUT2D eigenvalue weighted by atomic mass is 9.91. The van der Waals surface area contributed by atoms with Gasteiger partial charge in [0.15, 0.2) is 0 Å². The summed E-state index contributed by atoms with van der Waals surface area (Å²) in [7, 11) is 0. The monoisotopic (exact) mass is 440 g/mol. The van der Waals surface area contributed by atoms with Crippen LogP contribution in [0.25, 0.3) is 22.1 Å². The van der Waals surface area contributed by atoms with Crippen LogP contribution in [-0.2, 0) is 13.1 Å². The molecule has 5 rings (SSSR count). The number of pyridine rings is 1. The summed E-state index contributed by atoms with van der Waals surface area (Å²) in [5.41, 5.74) is 12.1. The lowest BCUT2D eigenvalue weighted by Gasteiger charge is -2.32. The summed E-state index contributed by atoms with van der Waals surface area (Å²) >= 11 is 3.33. The van der Waals surface area contributed by atoms with Gasteiger partial charge in [0.1, 0.15) is 17.5 Å². The molecule has 4 aromatic rings. The third-order valence-corrected chi connectivity index (χ3v) is 7.10. The maximum atomic E-state index is 9.88. The number of aromatic nitrogens is 1. The Balaban J connectivity index is 1.68. The first-order chi connectivity index (χ1) is 15.2. The molecular formula is C25H20N4S2. The average molecular weight is 441 g/mol. The minimum absolute atomic E-state index is 0.304. The van der Waals surface area contributed by atoms with Crippen molar-refractivity contribution in [3.63, 3.8) is 0 Å². The van der Waals surface area contributed by atoms with Crippen molar-refractivity contribution in [1.82, 2.24) is 9.88 Å². The zero-order valence-corrected chi connectivity index (χ0v) is 18.4. The van der Waals surface area contributed by atoms with Gasteiger partial charge in [-0.05, 0) is 40.1 Å². The molecule has 0 aliphatic carbocycles. The summed E-state index contributed by atoms with van der Waals surface area (Å²) in [5.74, 6) is 0.304. The van der Waals surface area contributed by atoms with Crippen LogP contribution < -0.4 is 5.73 Å². The zero-order valence-electron chi connectivity index (χ0n) is 16.8. The molecule has 0 radical (unpaired) electrons. The molecule has 1 aliphatic heterocycles. The zero-order chi connectivity index (χ0) is 21.2. The van der Waals surface area contributed by atoms with Gasteiger partial charge in [0.2, 0.25) is 0 Å². The van der Waals surface area contributed by atoms with E-state index in [0.717, 1.165) is 46.9 Å². The lowest BCUT2D eigenvalue weighted by Crippen LogP contribution is -2.31. The molecule has 0 bridgehead atoms. The molecule has 3 aromatic heterocycles. The number of benzene rings is 1. The van der Waals surface area contributed by atoms with Crippen molar-refractivity contribution >= 4 is 40.1 Å². The molecule has 0 amide bonds. The van der Waals surface area contributed by atoms with E-state index in [1.54, 1.807) is 22.7 Å². The number of thiophene rings is 2. The van der Waals surface area contributed by atoms with Crippen LogP contribution in [0, 0.1) is 11.3 Å². The summed E-state index contributed by atoms with van der Waals surface area (Å²) in [4.78, 5) is 9.38. The van der Waals surface area contributed by atoms with E-state index in [4.69, 9.17) is 10.7 Å². The molecule has 4 heterocycles. The smallest absolute Gasteiger partial charge is 0.142 e. The highest BCUT2D eigenvalue weighted by molar-refractivity contribution is 7.13. The minimum atomic E-state index is 0.304. The van der Waals surface area contributed by atoms with Gasteiger partial charge in [-0.15, -0.1) is 22.7 Å². The molecule has 2 N–H and O–H groups in total. The molecule has 0 spiro atoms. The van der Waals surface area contributed by atoms with E-state index in [2.05, 4.69) is 64.9 Å². The Morgan fingerprint density at radius 1 is 1.03 bits per heavy atom. The highest BCUT2D eigenvalue weighted by Crippen LogP contribution is 2.40. The quantitative estimate of drug-likeness (QED) is 0.430. The summed E-state index contributed by atoms with van der Waals surface area (Å²) < 4.78 is 0. The predicted octanol–water partition coefficient (Wildman–Crippen LogP) is 5.88. The molecule has 31 heavy (non-hydrogen) atoms. The van der Waals surface area contributed by atoms with E-state index in [1.165, 1.54) is 10.4 Å². The van der Waals surface area contributed by atoms with Gasteiger partial charge in [0.05, 0.1) is 5.69 Å². The number of nitrogens with zero attached hydrogens (tertiary/aromatic N) is 3. The van der Waals surface area contributed by atoms with Crippen LogP contribution in [0.2, 0.25) is 0 Å². The Morgan fingerprint density at radius 2 is 1.84 bits per heavy atom. The molecular weight excluding hydrogens is 420 g/mol. The van der Waals surface area contributed by atoms with E-state index in [1.807, 2.05) is 17.5 Å². The Labute approximate surface area is 189 Å². The van der Waals surface area contributed by atoms with Crippen molar-refractivity contribution < 1.29 is 0 Å². The van der Waals surface area contributed by atoms with Crippen LogP contribution in [0.3, 0.4) is 0 Å². The topological polar surface area (TPSA) is 65.9 Å². The van der Waals surface area contributed by atoms with Crippen molar-refractivity contribution in [2.75, 3.05) is 12.3 Å². The Hall–Kier alpha value is -3.24. The Kier molecular flexibility index (Phi) is 5.39. The van der Waals surface area contributed by atoms with E-state index in [0.29, 0.717) is 11.4 Å². The van der Waals surface area contributed by atoms with Crippen molar-refractivity contribution in [1.29, 1.82) is 5.26 Å². The second-order valence-electron chi connectivity index (χ2n) is 7.48. The number of hydrogen-bond acceptors (Lipinski definition) is 6. The fourth-order valence-electron chi connectivity index (χ4n) is 4.07. The van der Waals surface area contributed by atoms with Crippen LogP contribution >= 0.6 is 22.7 Å². The Morgan fingerprint density at radius 3 is 2.55 bits per heavy atom. The lowest BCUT2D eigenvalue weighted by molar-refractivity contribution is 0.282. The molecule has 0 atom stereocenters. The molecule has 0 saturated heterocycles. The minimum Gasteiger partial charge on any atom is -0.383 e. The molecule has 0 saturated carbocycles.